The molecule has 3 heteroatoms. The summed E-state index contributed by atoms with van der Waals surface area (Å²) < 4.78 is 10.4. The normalized spacial score (nSPS) is 10.3. The second kappa shape index (κ2) is 7.26. The molecule has 1 aromatic carbocycles. The Morgan fingerprint density at radius 3 is 2.80 bits per heavy atom. The molecule has 1 rings (SSSR count). The molecule has 15 heavy (non-hydrogen) atoms. The number of anilines is 1. The smallest absolute Gasteiger partial charge is 0.0733 e. The van der Waals surface area contributed by atoms with Gasteiger partial charge in [0.25, 0.3) is 0 Å². The van der Waals surface area contributed by atoms with E-state index in [1.807, 2.05) is 19.1 Å². The van der Waals surface area contributed by atoms with Crippen molar-refractivity contribution in [1.82, 2.24) is 0 Å². The van der Waals surface area contributed by atoms with Crippen LogP contribution in [0.25, 0.3) is 0 Å². The second-order valence-corrected chi connectivity index (χ2v) is 3.21. The van der Waals surface area contributed by atoms with Crippen molar-refractivity contribution in [2.24, 2.45) is 0 Å². The van der Waals surface area contributed by atoms with E-state index >= 15 is 0 Å². The summed E-state index contributed by atoms with van der Waals surface area (Å²) in [5.74, 6) is 0. The van der Waals surface area contributed by atoms with Gasteiger partial charge in [0.1, 0.15) is 0 Å². The van der Waals surface area contributed by atoms with Gasteiger partial charge in [0.2, 0.25) is 0 Å². The summed E-state index contributed by atoms with van der Waals surface area (Å²) >= 11 is 0. The fraction of sp³-hybridized carbons (Fsp3) is 0.500. The Balaban J connectivity index is 2.44. The number of hydrogen-bond acceptors (Lipinski definition) is 3. The van der Waals surface area contributed by atoms with Crippen molar-refractivity contribution in [2.75, 3.05) is 32.2 Å². The van der Waals surface area contributed by atoms with Crippen molar-refractivity contribution in [3.8, 4) is 0 Å². The number of benzene rings is 1. The van der Waals surface area contributed by atoms with Gasteiger partial charge in [-0.05, 0) is 13.0 Å². The van der Waals surface area contributed by atoms with Crippen LogP contribution in [0.4, 0.5) is 5.69 Å². The minimum absolute atomic E-state index is 0.637. The Morgan fingerprint density at radius 1 is 1.27 bits per heavy atom. The van der Waals surface area contributed by atoms with Gasteiger partial charge in [0.05, 0.1) is 13.2 Å². The van der Waals surface area contributed by atoms with E-state index in [1.165, 1.54) is 5.56 Å². The summed E-state index contributed by atoms with van der Waals surface area (Å²) in [5.41, 5.74) is 2.30. The number of para-hydroxylation sites is 1. The highest BCUT2D eigenvalue weighted by Crippen LogP contribution is 2.15. The van der Waals surface area contributed by atoms with Crippen LogP contribution in [-0.4, -0.2) is 26.9 Å². The summed E-state index contributed by atoms with van der Waals surface area (Å²) in [5, 5.41) is 3.33. The lowest BCUT2D eigenvalue weighted by molar-refractivity contribution is 0.158. The predicted molar refractivity (Wildman–Crippen MR) is 62.1 cm³/mol. The molecule has 0 aromatic heterocycles. The van der Waals surface area contributed by atoms with Crippen LogP contribution in [0.2, 0.25) is 0 Å². The highest BCUT2D eigenvalue weighted by Gasteiger charge is 1.99. The van der Waals surface area contributed by atoms with Gasteiger partial charge in [0.15, 0.2) is 0 Å². The van der Waals surface area contributed by atoms with Crippen molar-refractivity contribution in [2.45, 2.75) is 13.5 Å². The molecule has 0 spiro atoms. The van der Waals surface area contributed by atoms with Crippen molar-refractivity contribution in [3.05, 3.63) is 29.8 Å². The average molecular weight is 209 g/mol. The predicted octanol–water partition coefficient (Wildman–Crippen LogP) is 2.28. The molecular formula is C12H19NO2. The molecule has 0 atom stereocenters. The molecule has 0 bridgehead atoms. The fourth-order valence-corrected chi connectivity index (χ4v) is 1.38. The molecule has 0 saturated carbocycles. The first-order valence-corrected chi connectivity index (χ1v) is 5.27. The lowest BCUT2D eigenvalue weighted by Crippen LogP contribution is -2.10. The Kier molecular flexibility index (Phi) is 5.81. The van der Waals surface area contributed by atoms with E-state index in [9.17, 15) is 0 Å². The first kappa shape index (κ1) is 12.0. The maximum Gasteiger partial charge on any atom is 0.0733 e. The molecule has 0 saturated heterocycles. The standard InChI is InChI=1S/C12H19NO2/c1-3-15-9-8-13-12-7-5-4-6-11(12)10-14-2/h4-7,13H,3,8-10H2,1-2H3. The largest absolute Gasteiger partial charge is 0.382 e. The van der Waals surface area contributed by atoms with E-state index < -0.39 is 0 Å². The minimum Gasteiger partial charge on any atom is -0.382 e. The molecule has 0 amide bonds. The molecule has 0 fully saturated rings. The molecule has 0 heterocycles. The van der Waals surface area contributed by atoms with Crippen LogP contribution in [-0.2, 0) is 16.1 Å². The van der Waals surface area contributed by atoms with Gasteiger partial charge in [-0.3, -0.25) is 0 Å². The SMILES string of the molecule is CCOCCNc1ccccc1COC. The van der Waals surface area contributed by atoms with Crippen LogP contribution in [0.1, 0.15) is 12.5 Å². The summed E-state index contributed by atoms with van der Waals surface area (Å²) in [6.07, 6.45) is 0. The molecule has 0 aliphatic carbocycles. The lowest BCUT2D eigenvalue weighted by atomic mass is 10.2. The molecular weight excluding hydrogens is 190 g/mol. The maximum absolute atomic E-state index is 5.26. The van der Waals surface area contributed by atoms with Crippen LogP contribution >= 0.6 is 0 Å². The Labute approximate surface area is 91.4 Å². The third-order valence-electron chi connectivity index (χ3n) is 2.08. The number of ether oxygens (including phenoxy) is 2. The molecule has 3 nitrogen and oxygen atoms in total. The molecule has 0 radical (unpaired) electrons. The van der Waals surface area contributed by atoms with Gasteiger partial charge >= 0.3 is 0 Å². The highest BCUT2D eigenvalue weighted by molar-refractivity contribution is 5.50. The summed E-state index contributed by atoms with van der Waals surface area (Å²) in [4.78, 5) is 0. The Hall–Kier alpha value is -1.06. The number of hydrogen-bond donors (Lipinski definition) is 1. The van der Waals surface area contributed by atoms with Gasteiger partial charge in [-0.2, -0.15) is 0 Å². The third kappa shape index (κ3) is 4.32. The number of nitrogens with one attached hydrogen (secondary N) is 1. The first-order chi connectivity index (χ1) is 7.38. The van der Waals surface area contributed by atoms with Crippen LogP contribution in [0.3, 0.4) is 0 Å². The summed E-state index contributed by atoms with van der Waals surface area (Å²) in [6.45, 7) is 4.96. The number of rotatable bonds is 7. The molecule has 1 N–H and O–H groups in total. The van der Waals surface area contributed by atoms with E-state index in [0.29, 0.717) is 6.61 Å². The van der Waals surface area contributed by atoms with Gasteiger partial charge in [-0.25, -0.2) is 0 Å². The van der Waals surface area contributed by atoms with Crippen molar-refractivity contribution in [1.29, 1.82) is 0 Å². The van der Waals surface area contributed by atoms with Crippen molar-refractivity contribution < 1.29 is 9.47 Å². The minimum atomic E-state index is 0.637. The third-order valence-corrected chi connectivity index (χ3v) is 2.08. The monoisotopic (exact) mass is 209 g/mol. The van der Waals surface area contributed by atoms with Gasteiger partial charge in [-0.1, -0.05) is 18.2 Å². The zero-order valence-corrected chi connectivity index (χ0v) is 9.45. The van der Waals surface area contributed by atoms with Crippen LogP contribution < -0.4 is 5.32 Å². The van der Waals surface area contributed by atoms with E-state index in [1.54, 1.807) is 7.11 Å². The molecule has 84 valence electrons. The van der Waals surface area contributed by atoms with Crippen LogP contribution in [0.15, 0.2) is 24.3 Å². The molecule has 0 aliphatic heterocycles. The Bertz CT molecular complexity index is 276. The lowest BCUT2D eigenvalue weighted by Gasteiger charge is -2.11. The zero-order chi connectivity index (χ0) is 10.9. The van der Waals surface area contributed by atoms with E-state index in [4.69, 9.17) is 9.47 Å². The van der Waals surface area contributed by atoms with E-state index in [-0.39, 0.29) is 0 Å². The second-order valence-electron chi connectivity index (χ2n) is 3.21. The Morgan fingerprint density at radius 2 is 2.07 bits per heavy atom. The van der Waals surface area contributed by atoms with Crippen LogP contribution in [0.5, 0.6) is 0 Å². The van der Waals surface area contributed by atoms with E-state index in [0.717, 1.165) is 25.4 Å². The van der Waals surface area contributed by atoms with Crippen molar-refractivity contribution >= 4 is 5.69 Å². The maximum atomic E-state index is 5.26. The fourth-order valence-electron chi connectivity index (χ4n) is 1.38. The highest BCUT2D eigenvalue weighted by atomic mass is 16.5. The van der Waals surface area contributed by atoms with Crippen LogP contribution in [0, 0.1) is 0 Å². The topological polar surface area (TPSA) is 30.5 Å². The summed E-state index contributed by atoms with van der Waals surface area (Å²) in [7, 11) is 1.71. The quantitative estimate of drug-likeness (QED) is 0.699. The van der Waals surface area contributed by atoms with Gasteiger partial charge < -0.3 is 14.8 Å². The van der Waals surface area contributed by atoms with Crippen molar-refractivity contribution in [3.63, 3.8) is 0 Å². The zero-order valence-electron chi connectivity index (χ0n) is 9.45. The average Bonchev–Trinajstić information content (AvgIpc) is 2.27. The summed E-state index contributed by atoms with van der Waals surface area (Å²) in [6, 6.07) is 8.15. The van der Waals surface area contributed by atoms with Gasteiger partial charge in [-0.15, -0.1) is 0 Å². The van der Waals surface area contributed by atoms with E-state index in [2.05, 4.69) is 17.4 Å². The molecule has 1 aromatic rings. The number of methoxy groups -OCH3 is 1. The van der Waals surface area contributed by atoms with Gasteiger partial charge in [0, 0.05) is 31.5 Å². The molecule has 0 aliphatic rings. The molecule has 0 unspecified atom stereocenters. The first-order valence-electron chi connectivity index (χ1n) is 5.27.